The fourth-order valence-electron chi connectivity index (χ4n) is 8.01. The molecule has 0 spiro atoms. The van der Waals surface area contributed by atoms with E-state index in [2.05, 4.69) is 9.80 Å². The van der Waals surface area contributed by atoms with Crippen LogP contribution in [-0.2, 0) is 9.59 Å². The second-order valence-electron chi connectivity index (χ2n) is 10.9. The van der Waals surface area contributed by atoms with E-state index in [1.54, 1.807) is 6.07 Å². The smallest absolute Gasteiger partial charge is 0.251 e. The van der Waals surface area contributed by atoms with Crippen LogP contribution < -0.4 is 9.64 Å². The highest BCUT2D eigenvalue weighted by molar-refractivity contribution is 6.22. The van der Waals surface area contributed by atoms with Crippen LogP contribution in [0.4, 0.5) is 5.69 Å². The molecule has 2 aliphatic heterocycles. The molecule has 32 heavy (non-hydrogen) atoms. The number of benzene rings is 1. The van der Waals surface area contributed by atoms with Crippen LogP contribution in [0.1, 0.15) is 51.9 Å². The molecule has 6 nitrogen and oxygen atoms in total. The number of carbonyl (C=O) groups excluding carboxylic acids is 2. The van der Waals surface area contributed by atoms with Gasteiger partial charge in [-0.3, -0.25) is 19.4 Å². The minimum atomic E-state index is -0.322. The molecule has 1 aromatic carbocycles. The molecule has 6 fully saturated rings. The molecule has 1 aromatic rings. The number of amides is 2. The van der Waals surface area contributed by atoms with Crippen LogP contribution in [-0.4, -0.2) is 66.0 Å². The molecule has 6 aliphatic rings. The fraction of sp³-hybridized carbons (Fsp3) is 0.692. The summed E-state index contributed by atoms with van der Waals surface area (Å²) in [6.45, 7) is 6.32. The van der Waals surface area contributed by atoms with Crippen LogP contribution in [0.3, 0.4) is 0 Å². The average molecular weight is 438 g/mol. The number of piperazine rings is 1. The van der Waals surface area contributed by atoms with E-state index >= 15 is 0 Å². The average Bonchev–Trinajstić information content (AvgIpc) is 3.07. The number of nitrogens with zero attached hydrogens (tertiary/aromatic N) is 3. The summed E-state index contributed by atoms with van der Waals surface area (Å²) in [6, 6.07) is 7.01. The van der Waals surface area contributed by atoms with Crippen LogP contribution in [0.2, 0.25) is 0 Å². The lowest BCUT2D eigenvalue weighted by Crippen LogP contribution is -2.64. The first-order chi connectivity index (χ1) is 15.5. The summed E-state index contributed by atoms with van der Waals surface area (Å²) < 4.78 is 5.57. The molecule has 4 aliphatic carbocycles. The van der Waals surface area contributed by atoms with E-state index in [0.717, 1.165) is 43.9 Å². The Morgan fingerprint density at radius 3 is 2.25 bits per heavy atom. The monoisotopic (exact) mass is 437 g/mol. The van der Waals surface area contributed by atoms with Gasteiger partial charge >= 0.3 is 0 Å². The lowest BCUT2D eigenvalue weighted by Gasteiger charge is -2.61. The molecule has 2 amide bonds. The third kappa shape index (κ3) is 3.38. The van der Waals surface area contributed by atoms with E-state index in [9.17, 15) is 9.59 Å². The predicted molar refractivity (Wildman–Crippen MR) is 123 cm³/mol. The second kappa shape index (κ2) is 7.84. The highest BCUT2D eigenvalue weighted by atomic mass is 16.5. The molecule has 6 heteroatoms. The first-order valence-electron chi connectivity index (χ1n) is 12.6. The molecule has 0 radical (unpaired) electrons. The van der Waals surface area contributed by atoms with Crippen molar-refractivity contribution in [3.05, 3.63) is 24.3 Å². The van der Waals surface area contributed by atoms with E-state index in [1.165, 1.54) is 43.4 Å². The Labute approximate surface area is 190 Å². The number of carbonyl (C=O) groups is 2. The molecule has 4 bridgehead atoms. The van der Waals surface area contributed by atoms with Gasteiger partial charge in [-0.25, -0.2) is 4.90 Å². The third-order valence-electron chi connectivity index (χ3n) is 8.94. The van der Waals surface area contributed by atoms with Gasteiger partial charge in [-0.05, 0) is 75.3 Å². The van der Waals surface area contributed by atoms with E-state index in [0.29, 0.717) is 23.6 Å². The summed E-state index contributed by atoms with van der Waals surface area (Å²) >= 11 is 0. The Bertz CT molecular complexity index is 872. The van der Waals surface area contributed by atoms with E-state index in [-0.39, 0.29) is 24.3 Å². The Kier molecular flexibility index (Phi) is 5.06. The van der Waals surface area contributed by atoms with Crippen molar-refractivity contribution in [3.63, 3.8) is 0 Å². The zero-order chi connectivity index (χ0) is 21.9. The maximum absolute atomic E-state index is 13.3. The van der Waals surface area contributed by atoms with Gasteiger partial charge in [0.15, 0.2) is 0 Å². The van der Waals surface area contributed by atoms with Crippen molar-refractivity contribution in [2.45, 2.75) is 63.5 Å². The molecule has 1 atom stereocenters. The Balaban J connectivity index is 1.13. The van der Waals surface area contributed by atoms with Crippen LogP contribution >= 0.6 is 0 Å². The summed E-state index contributed by atoms with van der Waals surface area (Å²) in [5, 5.41) is 0. The lowest BCUT2D eigenvalue weighted by atomic mass is 9.52. The third-order valence-corrected chi connectivity index (χ3v) is 8.94. The zero-order valence-electron chi connectivity index (χ0n) is 19.2. The van der Waals surface area contributed by atoms with Crippen molar-refractivity contribution in [3.8, 4) is 5.75 Å². The number of rotatable bonds is 5. The van der Waals surface area contributed by atoms with Crippen molar-refractivity contribution < 1.29 is 14.3 Å². The van der Waals surface area contributed by atoms with Crippen molar-refractivity contribution in [2.24, 2.45) is 17.8 Å². The van der Waals surface area contributed by atoms with Gasteiger partial charge in [0.25, 0.3) is 5.91 Å². The maximum Gasteiger partial charge on any atom is 0.251 e. The van der Waals surface area contributed by atoms with E-state index in [4.69, 9.17) is 4.74 Å². The Morgan fingerprint density at radius 1 is 0.969 bits per heavy atom. The molecule has 0 N–H and O–H groups in total. The van der Waals surface area contributed by atoms with Crippen LogP contribution in [0.15, 0.2) is 24.3 Å². The quantitative estimate of drug-likeness (QED) is 0.662. The molecule has 2 saturated heterocycles. The Hall–Kier alpha value is -1.92. The molecule has 172 valence electrons. The molecule has 2 heterocycles. The van der Waals surface area contributed by atoms with Gasteiger partial charge in [0.05, 0.1) is 24.8 Å². The molecule has 0 aromatic heterocycles. The largest absolute Gasteiger partial charge is 0.494 e. The minimum absolute atomic E-state index is 0.0769. The van der Waals surface area contributed by atoms with Gasteiger partial charge in [-0.1, -0.05) is 6.07 Å². The SMILES string of the molecule is CCOc1cccc(N2C(=O)CC(N3CCN(C45CC6CC(CC(C6)C4)C5)CC3)C2=O)c1. The van der Waals surface area contributed by atoms with Gasteiger partial charge in [0.1, 0.15) is 5.75 Å². The topological polar surface area (TPSA) is 53.1 Å². The van der Waals surface area contributed by atoms with E-state index < -0.39 is 0 Å². The summed E-state index contributed by atoms with van der Waals surface area (Å²) in [7, 11) is 0. The number of ether oxygens (including phenoxy) is 1. The fourth-order valence-corrected chi connectivity index (χ4v) is 8.01. The van der Waals surface area contributed by atoms with Gasteiger partial charge in [0, 0.05) is 37.8 Å². The van der Waals surface area contributed by atoms with Crippen LogP contribution in [0.5, 0.6) is 5.75 Å². The van der Waals surface area contributed by atoms with E-state index in [1.807, 2.05) is 25.1 Å². The van der Waals surface area contributed by atoms with Gasteiger partial charge in [0.2, 0.25) is 5.91 Å². The highest BCUT2D eigenvalue weighted by Crippen LogP contribution is 2.57. The number of hydrogen-bond acceptors (Lipinski definition) is 5. The van der Waals surface area contributed by atoms with Crippen LogP contribution in [0.25, 0.3) is 0 Å². The van der Waals surface area contributed by atoms with Gasteiger partial charge < -0.3 is 4.74 Å². The molecular weight excluding hydrogens is 402 g/mol. The summed E-state index contributed by atoms with van der Waals surface area (Å²) in [4.78, 5) is 32.5. The number of anilines is 1. The maximum atomic E-state index is 13.3. The Morgan fingerprint density at radius 2 is 1.62 bits per heavy atom. The summed E-state index contributed by atoms with van der Waals surface area (Å²) in [5.41, 5.74) is 1.06. The van der Waals surface area contributed by atoms with Crippen molar-refractivity contribution >= 4 is 17.5 Å². The van der Waals surface area contributed by atoms with Gasteiger partial charge in [-0.15, -0.1) is 0 Å². The predicted octanol–water partition coefficient (Wildman–Crippen LogP) is 3.30. The van der Waals surface area contributed by atoms with Gasteiger partial charge in [-0.2, -0.15) is 0 Å². The molecule has 1 unspecified atom stereocenters. The molecule has 7 rings (SSSR count). The minimum Gasteiger partial charge on any atom is -0.494 e. The summed E-state index contributed by atoms with van der Waals surface area (Å²) in [6.07, 6.45) is 8.88. The zero-order valence-corrected chi connectivity index (χ0v) is 19.2. The van der Waals surface area contributed by atoms with Crippen LogP contribution in [0, 0.1) is 17.8 Å². The first-order valence-corrected chi connectivity index (χ1v) is 12.6. The van der Waals surface area contributed by atoms with Crippen molar-refractivity contribution in [2.75, 3.05) is 37.7 Å². The van der Waals surface area contributed by atoms with Crippen molar-refractivity contribution in [1.29, 1.82) is 0 Å². The molecular formula is C26H35N3O3. The standard InChI is InChI=1S/C26H35N3O3/c1-2-32-22-5-3-4-21(13-22)29-24(30)14-23(25(29)31)27-6-8-28(9-7-27)26-15-18-10-19(16-26)12-20(11-18)17-26/h3-5,13,18-20,23H,2,6-12,14-17H2,1H3. The summed E-state index contributed by atoms with van der Waals surface area (Å²) in [5.74, 6) is 3.38. The molecule has 4 saturated carbocycles. The lowest BCUT2D eigenvalue weighted by molar-refractivity contribution is -0.125. The number of imide groups is 1. The van der Waals surface area contributed by atoms with Crippen molar-refractivity contribution in [1.82, 2.24) is 9.80 Å². The normalized spacial score (nSPS) is 37.5. The first kappa shape index (κ1) is 20.7. The highest BCUT2D eigenvalue weighted by Gasteiger charge is 2.54. The second-order valence-corrected chi connectivity index (χ2v) is 10.9. The number of hydrogen-bond donors (Lipinski definition) is 0.